The second-order valence-electron chi connectivity index (χ2n) is 5.79. The minimum absolute atomic E-state index is 0.238. The molecule has 0 aliphatic carbocycles. The fourth-order valence-corrected chi connectivity index (χ4v) is 2.80. The van der Waals surface area contributed by atoms with Crippen LogP contribution in [0.15, 0.2) is 30.3 Å². The summed E-state index contributed by atoms with van der Waals surface area (Å²) in [6.45, 7) is 4.58. The van der Waals surface area contributed by atoms with Gasteiger partial charge in [0.2, 0.25) is 0 Å². The highest BCUT2D eigenvalue weighted by Gasteiger charge is 2.24. The number of aliphatic hydroxyl groups excluding tert-OH is 1. The molecule has 0 spiro atoms. The third-order valence-electron chi connectivity index (χ3n) is 4.23. The van der Waals surface area contributed by atoms with Crippen molar-refractivity contribution in [3.8, 4) is 0 Å². The minimum Gasteiger partial charge on any atom is -0.392 e. The smallest absolute Gasteiger partial charge is 0.128 e. The second-order valence-corrected chi connectivity index (χ2v) is 5.79. The van der Waals surface area contributed by atoms with Gasteiger partial charge in [-0.05, 0) is 31.0 Å². The number of β-amino-alcohol motifs (C(OH)–C–C–N with tert-alkyl or cyclic N) is 1. The van der Waals surface area contributed by atoms with Gasteiger partial charge in [0.25, 0.3) is 0 Å². The molecule has 1 aliphatic rings. The standard InChI is InChI=1S/C16H21N3O/c1-11-6-7-19(10-15(11)20)9-13-8-12-4-2-3-5-14(12)18-16(13)17/h2-5,8,11,15,20H,6-7,9-10H2,1H3,(H2,17,18). The van der Waals surface area contributed by atoms with E-state index < -0.39 is 0 Å². The van der Waals surface area contributed by atoms with Crippen LogP contribution >= 0.6 is 0 Å². The monoisotopic (exact) mass is 271 g/mol. The normalized spacial score (nSPS) is 24.1. The first-order chi connectivity index (χ1) is 9.63. The Balaban J connectivity index is 1.82. The van der Waals surface area contributed by atoms with Crippen LogP contribution in [0.5, 0.6) is 0 Å². The minimum atomic E-state index is -0.238. The predicted molar refractivity (Wildman–Crippen MR) is 81.2 cm³/mol. The molecule has 0 saturated carbocycles. The summed E-state index contributed by atoms with van der Waals surface area (Å²) in [5.74, 6) is 0.982. The lowest BCUT2D eigenvalue weighted by molar-refractivity contribution is 0.0260. The van der Waals surface area contributed by atoms with Crippen LogP contribution in [0.4, 0.5) is 5.82 Å². The van der Waals surface area contributed by atoms with Gasteiger partial charge in [-0.15, -0.1) is 0 Å². The molecule has 106 valence electrons. The average molecular weight is 271 g/mol. The van der Waals surface area contributed by atoms with Gasteiger partial charge in [0.05, 0.1) is 11.6 Å². The van der Waals surface area contributed by atoms with Gasteiger partial charge in [-0.3, -0.25) is 4.90 Å². The topological polar surface area (TPSA) is 62.4 Å². The summed E-state index contributed by atoms with van der Waals surface area (Å²) in [5, 5.41) is 11.1. The number of piperidine rings is 1. The molecule has 1 aliphatic heterocycles. The van der Waals surface area contributed by atoms with Crippen molar-refractivity contribution in [2.45, 2.75) is 26.0 Å². The number of hydrogen-bond donors (Lipinski definition) is 2. The molecular formula is C16H21N3O. The molecule has 3 rings (SSSR count). The number of nitrogen functional groups attached to an aromatic ring is 1. The van der Waals surface area contributed by atoms with Crippen molar-refractivity contribution in [3.63, 3.8) is 0 Å². The lowest BCUT2D eigenvalue weighted by Gasteiger charge is -2.34. The van der Waals surface area contributed by atoms with Crippen molar-refractivity contribution in [1.29, 1.82) is 0 Å². The van der Waals surface area contributed by atoms with Gasteiger partial charge >= 0.3 is 0 Å². The fraction of sp³-hybridized carbons (Fsp3) is 0.438. The Hall–Kier alpha value is -1.65. The van der Waals surface area contributed by atoms with Gasteiger partial charge in [0, 0.05) is 24.0 Å². The van der Waals surface area contributed by atoms with Crippen LogP contribution in [0, 0.1) is 5.92 Å². The van der Waals surface area contributed by atoms with Crippen LogP contribution in [0.1, 0.15) is 18.9 Å². The van der Waals surface area contributed by atoms with Crippen LogP contribution in [0.2, 0.25) is 0 Å². The van der Waals surface area contributed by atoms with E-state index in [0.29, 0.717) is 18.3 Å². The van der Waals surface area contributed by atoms with Crippen molar-refractivity contribution >= 4 is 16.7 Å². The highest BCUT2D eigenvalue weighted by atomic mass is 16.3. The highest BCUT2D eigenvalue weighted by molar-refractivity contribution is 5.81. The number of fused-ring (bicyclic) bond motifs is 1. The van der Waals surface area contributed by atoms with E-state index in [1.54, 1.807) is 0 Å². The number of anilines is 1. The summed E-state index contributed by atoms with van der Waals surface area (Å²) < 4.78 is 0. The number of pyridine rings is 1. The molecule has 4 heteroatoms. The fourth-order valence-electron chi connectivity index (χ4n) is 2.80. The Labute approximate surface area is 119 Å². The van der Waals surface area contributed by atoms with Crippen LogP contribution in [-0.4, -0.2) is 34.2 Å². The SMILES string of the molecule is CC1CCN(Cc2cc3ccccc3nc2N)CC1O. The Morgan fingerprint density at radius 3 is 3.00 bits per heavy atom. The van der Waals surface area contributed by atoms with E-state index in [4.69, 9.17) is 5.73 Å². The Kier molecular flexibility index (Phi) is 3.59. The molecule has 1 aromatic heterocycles. The lowest BCUT2D eigenvalue weighted by atomic mass is 9.96. The molecule has 2 aromatic rings. The third kappa shape index (κ3) is 2.62. The zero-order valence-electron chi connectivity index (χ0n) is 11.8. The predicted octanol–water partition coefficient (Wildman–Crippen LogP) is 2.02. The Morgan fingerprint density at radius 1 is 1.40 bits per heavy atom. The van der Waals surface area contributed by atoms with Gasteiger partial charge in [-0.1, -0.05) is 25.1 Å². The first-order valence-electron chi connectivity index (χ1n) is 7.18. The van der Waals surface area contributed by atoms with Crippen molar-refractivity contribution in [2.75, 3.05) is 18.8 Å². The van der Waals surface area contributed by atoms with E-state index in [2.05, 4.69) is 28.9 Å². The molecule has 1 saturated heterocycles. The van der Waals surface area contributed by atoms with Crippen LogP contribution in [-0.2, 0) is 6.54 Å². The summed E-state index contributed by atoms with van der Waals surface area (Å²) >= 11 is 0. The number of likely N-dealkylation sites (tertiary alicyclic amines) is 1. The number of aliphatic hydroxyl groups is 1. The molecule has 0 radical (unpaired) electrons. The largest absolute Gasteiger partial charge is 0.392 e. The maximum Gasteiger partial charge on any atom is 0.128 e. The van der Waals surface area contributed by atoms with E-state index in [1.165, 1.54) is 0 Å². The van der Waals surface area contributed by atoms with Gasteiger partial charge in [-0.25, -0.2) is 4.98 Å². The highest BCUT2D eigenvalue weighted by Crippen LogP contribution is 2.23. The number of nitrogens with zero attached hydrogens (tertiary/aromatic N) is 2. The molecule has 3 N–H and O–H groups in total. The molecule has 0 amide bonds. The molecule has 2 heterocycles. The average Bonchev–Trinajstić information content (AvgIpc) is 2.44. The van der Waals surface area contributed by atoms with Crippen molar-refractivity contribution < 1.29 is 5.11 Å². The van der Waals surface area contributed by atoms with Crippen LogP contribution in [0.25, 0.3) is 10.9 Å². The van der Waals surface area contributed by atoms with Crippen LogP contribution < -0.4 is 5.73 Å². The van der Waals surface area contributed by atoms with Gasteiger partial charge < -0.3 is 10.8 Å². The van der Waals surface area contributed by atoms with Gasteiger partial charge in [-0.2, -0.15) is 0 Å². The molecule has 20 heavy (non-hydrogen) atoms. The van der Waals surface area contributed by atoms with Crippen molar-refractivity contribution in [2.24, 2.45) is 5.92 Å². The summed E-state index contributed by atoms with van der Waals surface area (Å²) in [5.41, 5.74) is 8.04. The summed E-state index contributed by atoms with van der Waals surface area (Å²) in [6, 6.07) is 10.1. The van der Waals surface area contributed by atoms with Gasteiger partial charge in [0.1, 0.15) is 5.82 Å². The summed E-state index contributed by atoms with van der Waals surface area (Å²) in [7, 11) is 0. The van der Waals surface area contributed by atoms with E-state index in [0.717, 1.165) is 36.0 Å². The molecule has 1 aromatic carbocycles. The zero-order valence-corrected chi connectivity index (χ0v) is 11.8. The number of hydrogen-bond acceptors (Lipinski definition) is 4. The molecule has 4 nitrogen and oxygen atoms in total. The lowest BCUT2D eigenvalue weighted by Crippen LogP contribution is -2.42. The summed E-state index contributed by atoms with van der Waals surface area (Å²) in [6.07, 6.45) is 0.792. The molecular weight excluding hydrogens is 250 g/mol. The van der Waals surface area contributed by atoms with E-state index in [1.807, 2.05) is 18.2 Å². The van der Waals surface area contributed by atoms with Crippen molar-refractivity contribution in [1.82, 2.24) is 9.88 Å². The molecule has 2 atom stereocenters. The third-order valence-corrected chi connectivity index (χ3v) is 4.23. The second kappa shape index (κ2) is 5.38. The number of nitrogens with two attached hydrogens (primary N) is 1. The first kappa shape index (κ1) is 13.3. The molecule has 2 unspecified atom stereocenters. The maximum atomic E-state index is 9.98. The Bertz CT molecular complexity index is 614. The van der Waals surface area contributed by atoms with E-state index >= 15 is 0 Å². The Morgan fingerprint density at radius 2 is 2.20 bits per heavy atom. The molecule has 1 fully saturated rings. The van der Waals surface area contributed by atoms with Crippen molar-refractivity contribution in [3.05, 3.63) is 35.9 Å². The first-order valence-corrected chi connectivity index (χ1v) is 7.18. The van der Waals surface area contributed by atoms with E-state index in [-0.39, 0.29) is 6.10 Å². The number of rotatable bonds is 2. The quantitative estimate of drug-likeness (QED) is 0.877. The maximum absolute atomic E-state index is 9.98. The number of benzene rings is 1. The summed E-state index contributed by atoms with van der Waals surface area (Å²) in [4.78, 5) is 6.72. The molecule has 0 bridgehead atoms. The van der Waals surface area contributed by atoms with Crippen LogP contribution in [0.3, 0.4) is 0 Å². The van der Waals surface area contributed by atoms with E-state index in [9.17, 15) is 5.11 Å². The van der Waals surface area contributed by atoms with Gasteiger partial charge in [0.15, 0.2) is 0 Å². The number of para-hydroxylation sites is 1. The zero-order chi connectivity index (χ0) is 14.1. The number of aromatic nitrogens is 1.